The lowest BCUT2D eigenvalue weighted by Gasteiger charge is -2.10. The van der Waals surface area contributed by atoms with Crippen LogP contribution in [0.3, 0.4) is 0 Å². The van der Waals surface area contributed by atoms with E-state index in [0.29, 0.717) is 11.1 Å². The van der Waals surface area contributed by atoms with Crippen LogP contribution in [0.2, 0.25) is 0 Å². The van der Waals surface area contributed by atoms with E-state index in [1.165, 1.54) is 18.2 Å². The lowest BCUT2D eigenvalue weighted by Crippen LogP contribution is -2.29. The zero-order valence-corrected chi connectivity index (χ0v) is 13.9. The van der Waals surface area contributed by atoms with Crippen LogP contribution in [0.25, 0.3) is 0 Å². The molecule has 1 aliphatic rings. The number of rotatable bonds is 5. The number of nitrogens with zero attached hydrogens (tertiary/aromatic N) is 1. The SMILES string of the molecule is C=CCN1C(=O)c2ccc(C(=O)Nc3ccccc3CC)cc2C1=O. The van der Waals surface area contributed by atoms with Crippen molar-refractivity contribution in [3.8, 4) is 0 Å². The molecule has 0 atom stereocenters. The molecule has 5 heteroatoms. The second-order valence-electron chi connectivity index (χ2n) is 5.73. The Kier molecular flexibility index (Phi) is 4.48. The van der Waals surface area contributed by atoms with Gasteiger partial charge in [0.05, 0.1) is 11.1 Å². The minimum Gasteiger partial charge on any atom is -0.322 e. The van der Waals surface area contributed by atoms with Gasteiger partial charge in [-0.3, -0.25) is 19.3 Å². The average Bonchev–Trinajstić information content (AvgIpc) is 2.87. The quantitative estimate of drug-likeness (QED) is 0.674. The Bertz CT molecular complexity index is 886. The van der Waals surface area contributed by atoms with E-state index in [-0.39, 0.29) is 23.9 Å². The minimum atomic E-state index is -0.400. The predicted octanol–water partition coefficient (Wildman–Crippen LogP) is 3.28. The summed E-state index contributed by atoms with van der Waals surface area (Å²) in [5.74, 6) is -1.07. The number of hydrogen-bond acceptors (Lipinski definition) is 3. The first-order valence-corrected chi connectivity index (χ1v) is 8.07. The molecule has 3 rings (SSSR count). The maximum absolute atomic E-state index is 12.5. The molecule has 25 heavy (non-hydrogen) atoms. The predicted molar refractivity (Wildman–Crippen MR) is 95.8 cm³/mol. The highest BCUT2D eigenvalue weighted by atomic mass is 16.2. The molecule has 0 unspecified atom stereocenters. The number of carbonyl (C=O) groups excluding carboxylic acids is 3. The summed E-state index contributed by atoms with van der Waals surface area (Å²) in [4.78, 5) is 38.2. The Morgan fingerprint density at radius 3 is 2.56 bits per heavy atom. The van der Waals surface area contributed by atoms with Gasteiger partial charge < -0.3 is 5.32 Å². The fourth-order valence-electron chi connectivity index (χ4n) is 2.87. The van der Waals surface area contributed by atoms with Gasteiger partial charge in [-0.15, -0.1) is 6.58 Å². The van der Waals surface area contributed by atoms with Crippen LogP contribution in [0.5, 0.6) is 0 Å². The van der Waals surface area contributed by atoms with Gasteiger partial charge in [0.1, 0.15) is 0 Å². The first kappa shape index (κ1) is 16.6. The third-order valence-corrected chi connectivity index (χ3v) is 4.19. The Labute approximate surface area is 146 Å². The molecule has 0 saturated heterocycles. The molecule has 1 heterocycles. The van der Waals surface area contributed by atoms with Gasteiger partial charge in [0.15, 0.2) is 0 Å². The van der Waals surface area contributed by atoms with Gasteiger partial charge in [-0.25, -0.2) is 0 Å². The van der Waals surface area contributed by atoms with Crippen molar-refractivity contribution in [2.45, 2.75) is 13.3 Å². The molecule has 0 saturated carbocycles. The van der Waals surface area contributed by atoms with Crippen molar-refractivity contribution < 1.29 is 14.4 Å². The lowest BCUT2D eigenvalue weighted by molar-refractivity contribution is 0.0672. The number of hydrogen-bond donors (Lipinski definition) is 1. The van der Waals surface area contributed by atoms with E-state index in [1.807, 2.05) is 31.2 Å². The molecule has 0 spiro atoms. The van der Waals surface area contributed by atoms with Gasteiger partial charge in [-0.05, 0) is 36.2 Å². The van der Waals surface area contributed by atoms with Crippen LogP contribution in [-0.2, 0) is 6.42 Å². The van der Waals surface area contributed by atoms with E-state index < -0.39 is 5.91 Å². The highest BCUT2D eigenvalue weighted by molar-refractivity contribution is 6.22. The van der Waals surface area contributed by atoms with Crippen molar-refractivity contribution >= 4 is 23.4 Å². The highest BCUT2D eigenvalue weighted by Crippen LogP contribution is 2.25. The number of amides is 3. The molecule has 0 aromatic heterocycles. The van der Waals surface area contributed by atoms with Crippen LogP contribution < -0.4 is 5.32 Å². The number of aryl methyl sites for hydroxylation is 1. The summed E-state index contributed by atoms with van der Waals surface area (Å²) in [6.07, 6.45) is 2.29. The maximum Gasteiger partial charge on any atom is 0.261 e. The highest BCUT2D eigenvalue weighted by Gasteiger charge is 2.35. The number of nitrogens with one attached hydrogen (secondary N) is 1. The molecule has 2 aromatic rings. The summed E-state index contributed by atoms with van der Waals surface area (Å²) in [6, 6.07) is 12.1. The van der Waals surface area contributed by atoms with Crippen LogP contribution in [0.15, 0.2) is 55.1 Å². The number of para-hydroxylation sites is 1. The van der Waals surface area contributed by atoms with Gasteiger partial charge in [0.25, 0.3) is 17.7 Å². The zero-order valence-electron chi connectivity index (χ0n) is 13.9. The molecule has 126 valence electrons. The van der Waals surface area contributed by atoms with Crippen LogP contribution in [0, 0.1) is 0 Å². The van der Waals surface area contributed by atoms with Crippen LogP contribution in [0.4, 0.5) is 5.69 Å². The van der Waals surface area contributed by atoms with Gasteiger partial charge in [0.2, 0.25) is 0 Å². The third-order valence-electron chi connectivity index (χ3n) is 4.19. The maximum atomic E-state index is 12.5. The number of anilines is 1. The summed E-state index contributed by atoms with van der Waals surface area (Å²) in [6.45, 7) is 5.72. The number of imide groups is 1. The lowest BCUT2D eigenvalue weighted by atomic mass is 10.0. The van der Waals surface area contributed by atoms with E-state index in [1.54, 1.807) is 6.07 Å². The largest absolute Gasteiger partial charge is 0.322 e. The first-order valence-electron chi connectivity index (χ1n) is 8.07. The standard InChI is InChI=1S/C20H18N2O3/c1-3-11-22-19(24)15-10-9-14(12-16(15)20(22)25)18(23)21-17-8-6-5-7-13(17)4-2/h3,5-10,12H,1,4,11H2,2H3,(H,21,23). The topological polar surface area (TPSA) is 66.5 Å². The van der Waals surface area contributed by atoms with E-state index in [9.17, 15) is 14.4 Å². The fraction of sp³-hybridized carbons (Fsp3) is 0.150. The monoisotopic (exact) mass is 334 g/mol. The molecule has 0 aliphatic carbocycles. The van der Waals surface area contributed by atoms with E-state index in [2.05, 4.69) is 11.9 Å². The molecule has 3 amide bonds. The molecule has 5 nitrogen and oxygen atoms in total. The molecule has 2 aromatic carbocycles. The second-order valence-corrected chi connectivity index (χ2v) is 5.73. The average molecular weight is 334 g/mol. The Hall–Kier alpha value is -3.21. The normalized spacial score (nSPS) is 12.9. The Morgan fingerprint density at radius 2 is 1.84 bits per heavy atom. The minimum absolute atomic E-state index is 0.151. The van der Waals surface area contributed by atoms with Crippen LogP contribution >= 0.6 is 0 Å². The van der Waals surface area contributed by atoms with E-state index >= 15 is 0 Å². The Balaban J connectivity index is 1.88. The molecule has 1 aliphatic heterocycles. The van der Waals surface area contributed by atoms with Crippen LogP contribution in [-0.4, -0.2) is 29.2 Å². The van der Waals surface area contributed by atoms with E-state index in [4.69, 9.17) is 0 Å². The number of carbonyl (C=O) groups is 3. The van der Waals surface area contributed by atoms with Crippen molar-refractivity contribution in [3.05, 3.63) is 77.4 Å². The fourth-order valence-corrected chi connectivity index (χ4v) is 2.87. The third kappa shape index (κ3) is 2.96. The van der Waals surface area contributed by atoms with Gasteiger partial charge in [-0.2, -0.15) is 0 Å². The number of fused-ring (bicyclic) bond motifs is 1. The molecular weight excluding hydrogens is 316 g/mol. The number of benzene rings is 2. The second kappa shape index (κ2) is 6.73. The van der Waals surface area contributed by atoms with Crippen molar-refractivity contribution in [2.75, 3.05) is 11.9 Å². The molecular formula is C20H18N2O3. The molecule has 0 fully saturated rings. The Morgan fingerprint density at radius 1 is 1.12 bits per heavy atom. The summed E-state index contributed by atoms with van der Waals surface area (Å²) in [5.41, 5.74) is 2.68. The van der Waals surface area contributed by atoms with Crippen molar-refractivity contribution in [1.82, 2.24) is 4.90 Å². The smallest absolute Gasteiger partial charge is 0.261 e. The van der Waals surface area contributed by atoms with Gasteiger partial charge >= 0.3 is 0 Å². The zero-order chi connectivity index (χ0) is 18.0. The van der Waals surface area contributed by atoms with Crippen molar-refractivity contribution in [2.24, 2.45) is 0 Å². The summed E-state index contributed by atoms with van der Waals surface area (Å²) >= 11 is 0. The summed E-state index contributed by atoms with van der Waals surface area (Å²) in [7, 11) is 0. The van der Waals surface area contributed by atoms with Gasteiger partial charge in [-0.1, -0.05) is 31.2 Å². The van der Waals surface area contributed by atoms with Crippen LogP contribution in [0.1, 0.15) is 43.6 Å². The molecule has 0 bridgehead atoms. The molecule has 0 radical (unpaired) electrons. The molecule has 1 N–H and O–H groups in total. The van der Waals surface area contributed by atoms with Crippen molar-refractivity contribution in [3.63, 3.8) is 0 Å². The first-order chi connectivity index (χ1) is 12.1. The van der Waals surface area contributed by atoms with Gasteiger partial charge in [0, 0.05) is 17.8 Å². The summed E-state index contributed by atoms with van der Waals surface area (Å²) in [5, 5.41) is 2.87. The van der Waals surface area contributed by atoms with Crippen molar-refractivity contribution in [1.29, 1.82) is 0 Å². The van der Waals surface area contributed by atoms with E-state index in [0.717, 1.165) is 22.6 Å². The summed E-state index contributed by atoms with van der Waals surface area (Å²) < 4.78 is 0.